The molecule has 0 spiro atoms. The lowest BCUT2D eigenvalue weighted by atomic mass is 9.78. The van der Waals surface area contributed by atoms with Crippen LogP contribution < -0.4 is 0 Å². The molecule has 2 saturated heterocycles. The molecular weight excluding hydrogens is 450 g/mol. The Morgan fingerprint density at radius 1 is 1.06 bits per heavy atom. The monoisotopic (exact) mass is 485 g/mol. The third-order valence-electron chi connectivity index (χ3n) is 8.66. The van der Waals surface area contributed by atoms with E-state index >= 15 is 0 Å². The molecule has 0 amide bonds. The van der Waals surface area contributed by atoms with Crippen molar-refractivity contribution in [3.8, 4) is 0 Å². The van der Waals surface area contributed by atoms with Crippen molar-refractivity contribution in [2.24, 2.45) is 23.7 Å². The van der Waals surface area contributed by atoms with Gasteiger partial charge in [-0.25, -0.2) is 0 Å². The highest BCUT2D eigenvalue weighted by molar-refractivity contribution is 7.87. The maximum Gasteiger partial charge on any atom is 0.320 e. The zero-order chi connectivity index (χ0) is 23.2. The highest BCUT2D eigenvalue weighted by Gasteiger charge is 2.68. The predicted molar refractivity (Wildman–Crippen MR) is 117 cm³/mol. The molecule has 0 radical (unpaired) electrons. The molecule has 9 nitrogen and oxygen atoms in total. The van der Waals surface area contributed by atoms with Gasteiger partial charge in [-0.05, 0) is 44.4 Å². The van der Waals surface area contributed by atoms with E-state index in [9.17, 15) is 18.0 Å². The van der Waals surface area contributed by atoms with Gasteiger partial charge in [0.25, 0.3) is 10.1 Å². The fraction of sp³-hybridized carbons (Fsp3) is 0.913. The van der Waals surface area contributed by atoms with Crippen molar-refractivity contribution in [2.45, 2.75) is 68.8 Å². The number of esters is 2. The Balaban J connectivity index is 1.35. The summed E-state index contributed by atoms with van der Waals surface area (Å²) in [6.45, 7) is 4.75. The smallest absolute Gasteiger partial charge is 0.320 e. The standard InChI is InChI=1S/C23H35NO8S/c1-2-23(6-4-3-5-7-23)32-22(26)19-16-12-15(17-14-30-33(27,28)21(16)17)20(19)31-18(25)13-24-8-10-29-11-9-24/h15-17,19-21H,2-14H2,1H3. The van der Waals surface area contributed by atoms with Crippen molar-refractivity contribution >= 4 is 22.1 Å². The van der Waals surface area contributed by atoms with E-state index in [0.717, 1.165) is 38.5 Å². The topological polar surface area (TPSA) is 108 Å². The van der Waals surface area contributed by atoms with Crippen LogP contribution in [-0.4, -0.2) is 81.7 Å². The van der Waals surface area contributed by atoms with Crippen LogP contribution in [0.15, 0.2) is 0 Å². The zero-order valence-electron chi connectivity index (χ0n) is 19.3. The Hall–Kier alpha value is -1.23. The summed E-state index contributed by atoms with van der Waals surface area (Å²) < 4.78 is 47.8. The molecule has 5 aliphatic rings. The van der Waals surface area contributed by atoms with E-state index in [0.29, 0.717) is 32.7 Å². The summed E-state index contributed by atoms with van der Waals surface area (Å²) in [7, 11) is -3.72. The first-order valence-corrected chi connectivity index (χ1v) is 13.9. The highest BCUT2D eigenvalue weighted by atomic mass is 32.2. The van der Waals surface area contributed by atoms with Crippen LogP contribution in [0.5, 0.6) is 0 Å². The summed E-state index contributed by atoms with van der Waals surface area (Å²) in [5.74, 6) is -2.41. The average molecular weight is 486 g/mol. The second-order valence-corrected chi connectivity index (χ2v) is 12.1. The van der Waals surface area contributed by atoms with Gasteiger partial charge in [0.15, 0.2) is 0 Å². The Kier molecular flexibility index (Phi) is 6.48. The molecule has 2 aliphatic heterocycles. The van der Waals surface area contributed by atoms with E-state index in [2.05, 4.69) is 0 Å². The van der Waals surface area contributed by atoms with E-state index in [-0.39, 0.29) is 31.0 Å². The van der Waals surface area contributed by atoms with Gasteiger partial charge in [0.05, 0.1) is 37.5 Å². The summed E-state index contributed by atoms with van der Waals surface area (Å²) in [6.07, 6.45) is 5.43. The van der Waals surface area contributed by atoms with Gasteiger partial charge in [-0.3, -0.25) is 18.7 Å². The van der Waals surface area contributed by atoms with Gasteiger partial charge >= 0.3 is 11.9 Å². The molecule has 5 rings (SSSR count). The summed E-state index contributed by atoms with van der Waals surface area (Å²) >= 11 is 0. The fourth-order valence-electron chi connectivity index (χ4n) is 6.93. The van der Waals surface area contributed by atoms with Gasteiger partial charge < -0.3 is 14.2 Å². The number of morpholine rings is 1. The molecule has 0 aromatic rings. The molecule has 3 saturated carbocycles. The third-order valence-corrected chi connectivity index (χ3v) is 10.5. The van der Waals surface area contributed by atoms with E-state index in [1.165, 1.54) is 0 Å². The Morgan fingerprint density at radius 3 is 2.48 bits per heavy atom. The zero-order valence-corrected chi connectivity index (χ0v) is 20.1. The van der Waals surface area contributed by atoms with Crippen molar-refractivity contribution < 1.29 is 36.4 Å². The highest BCUT2D eigenvalue weighted by Crippen LogP contribution is 2.58. The first-order chi connectivity index (χ1) is 15.8. The van der Waals surface area contributed by atoms with E-state index < -0.39 is 44.9 Å². The van der Waals surface area contributed by atoms with E-state index in [4.69, 9.17) is 18.4 Å². The second-order valence-electron chi connectivity index (χ2n) is 10.4. The van der Waals surface area contributed by atoms with Crippen LogP contribution in [0.2, 0.25) is 0 Å². The van der Waals surface area contributed by atoms with Crippen LogP contribution in [-0.2, 0) is 38.1 Å². The van der Waals surface area contributed by atoms with Crippen LogP contribution in [0, 0.1) is 23.7 Å². The quantitative estimate of drug-likeness (QED) is 0.408. The summed E-state index contributed by atoms with van der Waals surface area (Å²) in [5.41, 5.74) is -0.496. The summed E-state index contributed by atoms with van der Waals surface area (Å²) in [4.78, 5) is 28.4. The number of ether oxygens (including phenoxy) is 3. The SMILES string of the molecule is CCC1(OC(=O)C2C3CC(C4COS(=O)(=O)C43)C2OC(=O)CN2CCOCC2)CCCCC1. The molecule has 33 heavy (non-hydrogen) atoms. The van der Waals surface area contributed by atoms with E-state index in [1.54, 1.807) is 0 Å². The number of fused-ring (bicyclic) bond motifs is 5. The van der Waals surface area contributed by atoms with Crippen LogP contribution in [0.4, 0.5) is 0 Å². The van der Waals surface area contributed by atoms with Crippen molar-refractivity contribution in [2.75, 3.05) is 39.5 Å². The van der Waals surface area contributed by atoms with Gasteiger partial charge in [0.2, 0.25) is 0 Å². The van der Waals surface area contributed by atoms with Crippen molar-refractivity contribution in [1.29, 1.82) is 0 Å². The molecule has 0 aromatic heterocycles. The predicted octanol–water partition coefficient (Wildman–Crippen LogP) is 1.50. The van der Waals surface area contributed by atoms with Gasteiger partial charge in [-0.2, -0.15) is 8.42 Å². The molecule has 10 heteroatoms. The van der Waals surface area contributed by atoms with Crippen LogP contribution >= 0.6 is 0 Å². The largest absolute Gasteiger partial charge is 0.460 e. The van der Waals surface area contributed by atoms with Crippen LogP contribution in [0.25, 0.3) is 0 Å². The second kappa shape index (κ2) is 9.09. The molecule has 2 heterocycles. The molecule has 0 aromatic carbocycles. The first-order valence-electron chi connectivity index (χ1n) is 12.4. The summed E-state index contributed by atoms with van der Waals surface area (Å²) in [6, 6.07) is 0. The normalized spacial score (nSPS) is 39.2. The molecular formula is C23H35NO8S. The van der Waals surface area contributed by atoms with Gasteiger partial charge in [-0.1, -0.05) is 13.3 Å². The Labute approximate surface area is 195 Å². The van der Waals surface area contributed by atoms with Crippen molar-refractivity contribution in [3.05, 3.63) is 0 Å². The minimum absolute atomic E-state index is 0.104. The Morgan fingerprint density at radius 2 is 1.79 bits per heavy atom. The molecule has 2 bridgehead atoms. The molecule has 0 N–H and O–H groups in total. The lowest BCUT2D eigenvalue weighted by Gasteiger charge is -2.40. The van der Waals surface area contributed by atoms with Crippen molar-refractivity contribution in [3.63, 3.8) is 0 Å². The minimum atomic E-state index is -3.72. The average Bonchev–Trinajstić information content (AvgIpc) is 3.45. The molecule has 6 unspecified atom stereocenters. The van der Waals surface area contributed by atoms with Crippen LogP contribution in [0.1, 0.15) is 51.9 Å². The summed E-state index contributed by atoms with van der Waals surface area (Å²) in [5, 5.41) is -0.710. The number of carbonyl (C=O) groups is 2. The maximum absolute atomic E-state index is 13.6. The van der Waals surface area contributed by atoms with Gasteiger partial charge in [0, 0.05) is 24.9 Å². The first kappa shape index (κ1) is 23.5. The third kappa shape index (κ3) is 4.32. The van der Waals surface area contributed by atoms with Crippen LogP contribution in [0.3, 0.4) is 0 Å². The molecule has 5 fully saturated rings. The van der Waals surface area contributed by atoms with Crippen molar-refractivity contribution in [1.82, 2.24) is 4.90 Å². The van der Waals surface area contributed by atoms with Gasteiger partial charge in [0.1, 0.15) is 11.7 Å². The number of carbonyl (C=O) groups excluding carboxylic acids is 2. The van der Waals surface area contributed by atoms with E-state index in [1.807, 2.05) is 11.8 Å². The minimum Gasteiger partial charge on any atom is -0.460 e. The molecule has 186 valence electrons. The lowest BCUT2D eigenvalue weighted by molar-refractivity contribution is -0.181. The molecule has 3 aliphatic carbocycles. The number of rotatable bonds is 6. The number of hydrogen-bond donors (Lipinski definition) is 0. The lowest BCUT2D eigenvalue weighted by Crippen LogP contribution is -2.50. The van der Waals surface area contributed by atoms with Gasteiger partial charge in [-0.15, -0.1) is 0 Å². The Bertz CT molecular complexity index is 864. The number of nitrogens with zero attached hydrogens (tertiary/aromatic N) is 1. The molecule has 6 atom stereocenters. The number of hydrogen-bond acceptors (Lipinski definition) is 9. The maximum atomic E-state index is 13.6. The fourth-order valence-corrected chi connectivity index (χ4v) is 8.85.